The van der Waals surface area contributed by atoms with E-state index in [1.807, 2.05) is 36.4 Å². The Kier molecular flexibility index (Phi) is 2.54. The van der Waals surface area contributed by atoms with Gasteiger partial charge in [-0.25, -0.2) is 0 Å². The molecule has 0 spiro atoms. The molecule has 17 heavy (non-hydrogen) atoms. The van der Waals surface area contributed by atoms with E-state index >= 15 is 0 Å². The molecule has 0 saturated carbocycles. The van der Waals surface area contributed by atoms with Gasteiger partial charge in [-0.2, -0.15) is 0 Å². The number of hydrogen-bond acceptors (Lipinski definition) is 2. The van der Waals surface area contributed by atoms with Crippen molar-refractivity contribution in [1.29, 1.82) is 0 Å². The van der Waals surface area contributed by atoms with Gasteiger partial charge in [0.15, 0.2) is 0 Å². The molecule has 3 rings (SSSR count). The summed E-state index contributed by atoms with van der Waals surface area (Å²) >= 11 is 11.9. The lowest BCUT2D eigenvalue weighted by molar-refractivity contribution is 1.51. The number of rotatable bonds is 0. The highest BCUT2D eigenvalue weighted by molar-refractivity contribution is 6.31. The number of nitrogens with one attached hydrogen (secondary N) is 1. The molecule has 0 amide bonds. The van der Waals surface area contributed by atoms with Crippen molar-refractivity contribution >= 4 is 46.5 Å². The molecule has 2 aromatic rings. The van der Waals surface area contributed by atoms with Crippen molar-refractivity contribution in [2.24, 2.45) is 4.99 Å². The van der Waals surface area contributed by atoms with E-state index in [-0.39, 0.29) is 0 Å². The van der Waals surface area contributed by atoms with Gasteiger partial charge in [0.2, 0.25) is 0 Å². The third-order valence-corrected chi connectivity index (χ3v) is 3.06. The van der Waals surface area contributed by atoms with Crippen LogP contribution < -0.4 is 5.32 Å². The van der Waals surface area contributed by atoms with E-state index in [1.54, 1.807) is 6.21 Å². The molecule has 0 fully saturated rings. The van der Waals surface area contributed by atoms with Crippen LogP contribution in [0.5, 0.6) is 0 Å². The van der Waals surface area contributed by atoms with E-state index < -0.39 is 0 Å². The van der Waals surface area contributed by atoms with Crippen molar-refractivity contribution in [3.63, 3.8) is 0 Å². The largest absolute Gasteiger partial charge is 0.353 e. The molecule has 0 bridgehead atoms. The van der Waals surface area contributed by atoms with E-state index in [4.69, 9.17) is 23.2 Å². The van der Waals surface area contributed by atoms with E-state index in [2.05, 4.69) is 10.3 Å². The number of halogens is 2. The smallest absolute Gasteiger partial charge is 0.0879 e. The van der Waals surface area contributed by atoms with Gasteiger partial charge < -0.3 is 5.32 Å². The predicted molar refractivity (Wildman–Crippen MR) is 73.4 cm³/mol. The summed E-state index contributed by atoms with van der Waals surface area (Å²) in [5, 5.41) is 4.68. The Morgan fingerprint density at radius 1 is 0.882 bits per heavy atom. The first-order chi connectivity index (χ1) is 8.22. The summed E-state index contributed by atoms with van der Waals surface area (Å²) in [5.74, 6) is 0. The first kappa shape index (κ1) is 10.6. The summed E-state index contributed by atoms with van der Waals surface area (Å²) in [7, 11) is 0. The zero-order valence-electron chi connectivity index (χ0n) is 8.74. The predicted octanol–water partition coefficient (Wildman–Crippen LogP) is 4.80. The Morgan fingerprint density at radius 2 is 1.59 bits per heavy atom. The minimum Gasteiger partial charge on any atom is -0.353 e. The highest BCUT2D eigenvalue weighted by Gasteiger charge is 2.09. The maximum Gasteiger partial charge on any atom is 0.0879 e. The third kappa shape index (κ3) is 2.02. The van der Waals surface area contributed by atoms with E-state index in [9.17, 15) is 0 Å². The van der Waals surface area contributed by atoms with Gasteiger partial charge in [0, 0.05) is 27.5 Å². The number of benzene rings is 2. The van der Waals surface area contributed by atoms with Crippen molar-refractivity contribution in [1.82, 2.24) is 0 Å². The summed E-state index contributed by atoms with van der Waals surface area (Å²) in [5.41, 5.74) is 3.71. The molecule has 84 valence electrons. The molecule has 0 unspecified atom stereocenters. The summed E-state index contributed by atoms with van der Waals surface area (Å²) in [6.07, 6.45) is 1.79. The third-order valence-electron chi connectivity index (χ3n) is 2.59. The van der Waals surface area contributed by atoms with Gasteiger partial charge in [0.25, 0.3) is 0 Å². The Bertz CT molecular complexity index is 567. The highest BCUT2D eigenvalue weighted by Crippen LogP contribution is 2.34. The van der Waals surface area contributed by atoms with Gasteiger partial charge >= 0.3 is 0 Å². The average molecular weight is 263 g/mol. The number of aliphatic imine (C=N–C) groups is 1. The number of hydrogen-bond donors (Lipinski definition) is 1. The maximum atomic E-state index is 5.96. The molecular weight excluding hydrogens is 255 g/mol. The second-order valence-electron chi connectivity index (χ2n) is 3.78. The minimum absolute atomic E-state index is 0.673. The number of fused-ring (bicyclic) bond motifs is 2. The van der Waals surface area contributed by atoms with Gasteiger partial charge in [-0.1, -0.05) is 23.2 Å². The molecule has 0 aliphatic carbocycles. The topological polar surface area (TPSA) is 24.4 Å². The second-order valence-corrected chi connectivity index (χ2v) is 4.65. The Hall–Kier alpha value is -1.51. The van der Waals surface area contributed by atoms with Crippen LogP contribution >= 0.6 is 23.2 Å². The summed E-state index contributed by atoms with van der Waals surface area (Å²) in [4.78, 5) is 4.40. The van der Waals surface area contributed by atoms with Crippen LogP contribution in [-0.2, 0) is 0 Å². The molecule has 0 radical (unpaired) electrons. The first-order valence-corrected chi connectivity index (χ1v) is 5.88. The zero-order chi connectivity index (χ0) is 11.8. The van der Waals surface area contributed by atoms with Crippen LogP contribution in [0.3, 0.4) is 0 Å². The van der Waals surface area contributed by atoms with Crippen molar-refractivity contribution in [2.45, 2.75) is 0 Å². The number of nitrogens with zero attached hydrogens (tertiary/aromatic N) is 1. The van der Waals surface area contributed by atoms with Crippen molar-refractivity contribution in [3.05, 3.63) is 52.0 Å². The SMILES string of the molecule is Clc1ccc2c(c1)C=Nc1cc(Cl)ccc1N2. The van der Waals surface area contributed by atoms with E-state index in [0.717, 1.165) is 22.6 Å². The molecule has 1 heterocycles. The summed E-state index contributed by atoms with van der Waals surface area (Å²) in [6.45, 7) is 0. The minimum atomic E-state index is 0.673. The summed E-state index contributed by atoms with van der Waals surface area (Å²) in [6, 6.07) is 11.2. The fourth-order valence-corrected chi connectivity index (χ4v) is 2.10. The zero-order valence-corrected chi connectivity index (χ0v) is 10.3. The van der Waals surface area contributed by atoms with Crippen LogP contribution in [-0.4, -0.2) is 6.21 Å². The molecule has 0 aromatic heterocycles. The lowest BCUT2D eigenvalue weighted by Gasteiger charge is -2.08. The van der Waals surface area contributed by atoms with Gasteiger partial charge in [-0.3, -0.25) is 4.99 Å². The molecule has 1 aliphatic rings. The van der Waals surface area contributed by atoms with E-state index in [1.165, 1.54) is 0 Å². The lowest BCUT2D eigenvalue weighted by Crippen LogP contribution is -1.92. The second kappa shape index (κ2) is 4.06. The molecule has 2 nitrogen and oxygen atoms in total. The maximum absolute atomic E-state index is 5.96. The lowest BCUT2D eigenvalue weighted by atomic mass is 10.2. The monoisotopic (exact) mass is 262 g/mol. The summed E-state index contributed by atoms with van der Waals surface area (Å²) < 4.78 is 0. The average Bonchev–Trinajstić information content (AvgIpc) is 2.48. The Balaban J connectivity index is 2.16. The van der Waals surface area contributed by atoms with Crippen LogP contribution in [0, 0.1) is 0 Å². The highest BCUT2D eigenvalue weighted by atomic mass is 35.5. The van der Waals surface area contributed by atoms with E-state index in [0.29, 0.717) is 10.0 Å². The number of anilines is 2. The molecule has 2 aromatic carbocycles. The van der Waals surface area contributed by atoms with Crippen LogP contribution in [0.2, 0.25) is 10.0 Å². The fourth-order valence-electron chi connectivity index (χ4n) is 1.76. The van der Waals surface area contributed by atoms with Crippen molar-refractivity contribution < 1.29 is 0 Å². The van der Waals surface area contributed by atoms with Crippen LogP contribution in [0.4, 0.5) is 17.1 Å². The standard InChI is InChI=1S/C13H8Cl2N2/c14-9-1-3-11-8(5-9)7-16-13-6-10(15)2-4-12(13)17-11/h1-7,17H. The quantitative estimate of drug-likeness (QED) is 0.618. The van der Waals surface area contributed by atoms with Crippen molar-refractivity contribution in [3.8, 4) is 0 Å². The molecule has 4 heteroatoms. The first-order valence-electron chi connectivity index (χ1n) is 5.12. The Morgan fingerprint density at radius 3 is 2.41 bits per heavy atom. The molecule has 0 saturated heterocycles. The van der Waals surface area contributed by atoms with Crippen LogP contribution in [0.1, 0.15) is 5.56 Å². The van der Waals surface area contributed by atoms with Crippen LogP contribution in [0.15, 0.2) is 41.4 Å². The van der Waals surface area contributed by atoms with Gasteiger partial charge in [-0.05, 0) is 36.4 Å². The Labute approximate surface area is 109 Å². The fraction of sp³-hybridized carbons (Fsp3) is 0. The normalized spacial score (nSPS) is 12.4. The molecular formula is C13H8Cl2N2. The van der Waals surface area contributed by atoms with Gasteiger partial charge in [0.1, 0.15) is 0 Å². The molecule has 0 atom stereocenters. The van der Waals surface area contributed by atoms with Gasteiger partial charge in [-0.15, -0.1) is 0 Å². The van der Waals surface area contributed by atoms with Gasteiger partial charge in [0.05, 0.1) is 11.4 Å². The molecule has 1 N–H and O–H groups in total. The molecule has 1 aliphatic heterocycles. The van der Waals surface area contributed by atoms with Crippen molar-refractivity contribution in [2.75, 3.05) is 5.32 Å². The van der Waals surface area contributed by atoms with Crippen LogP contribution in [0.25, 0.3) is 0 Å².